The molecule has 76 valence electrons. The minimum Gasteiger partial charge on any atom is -0.300 e. The highest BCUT2D eigenvalue weighted by molar-refractivity contribution is 5.75. The number of carbonyl (C=O) groups is 1. The maximum Gasteiger partial charge on any atom is 0.130 e. The quantitative estimate of drug-likeness (QED) is 0.610. The molecule has 1 fully saturated rings. The monoisotopic (exact) mass is 182 g/mol. The molecule has 0 aromatic heterocycles. The molecule has 0 spiro atoms. The van der Waals surface area contributed by atoms with Crippen LogP contribution in [0.4, 0.5) is 0 Å². The van der Waals surface area contributed by atoms with Gasteiger partial charge in [0.1, 0.15) is 5.78 Å². The molecule has 0 aromatic rings. The summed E-state index contributed by atoms with van der Waals surface area (Å²) >= 11 is 0. The molecule has 1 aliphatic rings. The Morgan fingerprint density at radius 3 is 2.23 bits per heavy atom. The van der Waals surface area contributed by atoms with Crippen molar-refractivity contribution in [1.82, 2.24) is 0 Å². The summed E-state index contributed by atoms with van der Waals surface area (Å²) in [6.45, 7) is 3.96. The highest BCUT2D eigenvalue weighted by atomic mass is 16.1. The van der Waals surface area contributed by atoms with Crippen LogP contribution in [0.3, 0.4) is 0 Å². The lowest BCUT2D eigenvalue weighted by atomic mass is 9.84. The van der Waals surface area contributed by atoms with Crippen LogP contribution in [0.1, 0.15) is 58.8 Å². The number of carbonyl (C=O) groups excluding carboxylic acids is 1. The zero-order valence-electron chi connectivity index (χ0n) is 9.01. The first-order chi connectivity index (χ1) is 6.20. The number of hydrogen-bond acceptors (Lipinski definition) is 1. The van der Waals surface area contributed by atoms with E-state index in [1.165, 1.54) is 38.5 Å². The van der Waals surface area contributed by atoms with Gasteiger partial charge in [0.2, 0.25) is 0 Å². The molecule has 0 bridgehead atoms. The predicted octanol–water partition coefficient (Wildman–Crippen LogP) is 3.57. The molecule has 1 aliphatic carbocycles. The normalized spacial score (nSPS) is 22.3. The minimum atomic E-state index is 0.358. The van der Waals surface area contributed by atoms with E-state index in [1.54, 1.807) is 6.92 Å². The van der Waals surface area contributed by atoms with Crippen molar-refractivity contribution in [2.24, 2.45) is 11.8 Å². The Morgan fingerprint density at radius 2 is 1.77 bits per heavy atom. The third-order valence-electron chi connectivity index (χ3n) is 3.31. The third kappa shape index (κ3) is 3.93. The van der Waals surface area contributed by atoms with Gasteiger partial charge in [0, 0.05) is 6.42 Å². The van der Waals surface area contributed by atoms with E-state index in [1.807, 2.05) is 0 Å². The van der Waals surface area contributed by atoms with Crippen molar-refractivity contribution in [3.05, 3.63) is 0 Å². The van der Waals surface area contributed by atoms with Gasteiger partial charge in [-0.1, -0.05) is 45.4 Å². The first-order valence-corrected chi connectivity index (χ1v) is 5.69. The van der Waals surface area contributed by atoms with Gasteiger partial charge in [-0.25, -0.2) is 0 Å². The number of Topliss-reactive ketones (excluding diaryl/α,β-unsaturated/α-hetero) is 1. The van der Waals surface area contributed by atoms with Gasteiger partial charge in [-0.15, -0.1) is 0 Å². The topological polar surface area (TPSA) is 17.1 Å². The van der Waals surface area contributed by atoms with Crippen LogP contribution in [-0.4, -0.2) is 5.78 Å². The lowest BCUT2D eigenvalue weighted by Crippen LogP contribution is -2.13. The summed E-state index contributed by atoms with van der Waals surface area (Å²) < 4.78 is 0. The van der Waals surface area contributed by atoms with E-state index in [4.69, 9.17) is 0 Å². The maximum absolute atomic E-state index is 11.0. The fraction of sp³-hybridized carbons (Fsp3) is 0.917. The number of hydrogen-bond donors (Lipinski definition) is 0. The van der Waals surface area contributed by atoms with Gasteiger partial charge in [-0.2, -0.15) is 0 Å². The molecule has 0 aromatic carbocycles. The van der Waals surface area contributed by atoms with E-state index in [-0.39, 0.29) is 0 Å². The second kappa shape index (κ2) is 5.41. The van der Waals surface area contributed by atoms with Crippen LogP contribution in [-0.2, 0) is 4.79 Å². The molecule has 0 N–H and O–H groups in total. The van der Waals surface area contributed by atoms with E-state index in [0.717, 1.165) is 12.3 Å². The van der Waals surface area contributed by atoms with Gasteiger partial charge in [0.25, 0.3) is 0 Å². The van der Waals surface area contributed by atoms with Crippen LogP contribution in [0.5, 0.6) is 0 Å². The molecule has 1 unspecified atom stereocenters. The molecular formula is C12H22O. The van der Waals surface area contributed by atoms with Crippen LogP contribution in [0.15, 0.2) is 0 Å². The fourth-order valence-electron chi connectivity index (χ4n) is 2.50. The Morgan fingerprint density at radius 1 is 1.23 bits per heavy atom. The van der Waals surface area contributed by atoms with Crippen molar-refractivity contribution in [2.75, 3.05) is 0 Å². The zero-order chi connectivity index (χ0) is 9.68. The van der Waals surface area contributed by atoms with Gasteiger partial charge in [0.15, 0.2) is 0 Å². The predicted molar refractivity (Wildman–Crippen MR) is 55.7 cm³/mol. The molecule has 13 heavy (non-hydrogen) atoms. The summed E-state index contributed by atoms with van der Waals surface area (Å²) in [4.78, 5) is 11.0. The van der Waals surface area contributed by atoms with Gasteiger partial charge in [-0.05, 0) is 18.8 Å². The lowest BCUT2D eigenvalue weighted by molar-refractivity contribution is -0.118. The number of rotatable bonds is 3. The summed E-state index contributed by atoms with van der Waals surface area (Å²) in [6, 6.07) is 0. The van der Waals surface area contributed by atoms with Crippen LogP contribution >= 0.6 is 0 Å². The highest BCUT2D eigenvalue weighted by Gasteiger charge is 2.19. The van der Waals surface area contributed by atoms with E-state index >= 15 is 0 Å². The Hall–Kier alpha value is -0.330. The van der Waals surface area contributed by atoms with Crippen LogP contribution in [0.25, 0.3) is 0 Å². The Balaban J connectivity index is 2.34. The first-order valence-electron chi connectivity index (χ1n) is 5.69. The van der Waals surface area contributed by atoms with Gasteiger partial charge >= 0.3 is 0 Å². The second-order valence-corrected chi connectivity index (χ2v) is 4.64. The van der Waals surface area contributed by atoms with E-state index in [0.29, 0.717) is 11.7 Å². The van der Waals surface area contributed by atoms with Crippen molar-refractivity contribution in [1.29, 1.82) is 0 Å². The molecule has 0 aliphatic heterocycles. The Kier molecular flexibility index (Phi) is 4.47. The van der Waals surface area contributed by atoms with Crippen molar-refractivity contribution >= 4 is 5.78 Å². The maximum atomic E-state index is 11.0. The Bertz CT molecular complexity index is 155. The van der Waals surface area contributed by atoms with Crippen molar-refractivity contribution in [3.8, 4) is 0 Å². The highest BCUT2D eigenvalue weighted by Crippen LogP contribution is 2.30. The average molecular weight is 182 g/mol. The Labute approximate surface area is 81.9 Å². The van der Waals surface area contributed by atoms with Crippen LogP contribution < -0.4 is 0 Å². The second-order valence-electron chi connectivity index (χ2n) is 4.64. The van der Waals surface area contributed by atoms with Crippen LogP contribution in [0.2, 0.25) is 0 Å². The summed E-state index contributed by atoms with van der Waals surface area (Å²) in [5.41, 5.74) is 0. The van der Waals surface area contributed by atoms with Gasteiger partial charge in [0.05, 0.1) is 0 Å². The molecular weight excluding hydrogens is 160 g/mol. The van der Waals surface area contributed by atoms with Crippen molar-refractivity contribution in [2.45, 2.75) is 58.8 Å². The summed E-state index contributed by atoms with van der Waals surface area (Å²) in [6.07, 6.45) is 9.08. The van der Waals surface area contributed by atoms with Gasteiger partial charge in [-0.3, -0.25) is 0 Å². The molecule has 0 saturated heterocycles. The zero-order valence-corrected chi connectivity index (χ0v) is 9.01. The smallest absolute Gasteiger partial charge is 0.130 e. The van der Waals surface area contributed by atoms with E-state index in [9.17, 15) is 4.79 Å². The minimum absolute atomic E-state index is 0.358. The largest absolute Gasteiger partial charge is 0.300 e. The fourth-order valence-corrected chi connectivity index (χ4v) is 2.50. The molecule has 0 heterocycles. The third-order valence-corrected chi connectivity index (χ3v) is 3.31. The summed E-state index contributed by atoms with van der Waals surface area (Å²) in [5.74, 6) is 1.80. The molecule has 0 radical (unpaired) electrons. The average Bonchev–Trinajstić information content (AvgIpc) is 2.29. The molecule has 1 nitrogen and oxygen atoms in total. The summed E-state index contributed by atoms with van der Waals surface area (Å²) in [5, 5.41) is 0. The lowest BCUT2D eigenvalue weighted by Gasteiger charge is -2.21. The van der Waals surface area contributed by atoms with Crippen molar-refractivity contribution < 1.29 is 4.79 Å². The first kappa shape index (κ1) is 10.7. The van der Waals surface area contributed by atoms with E-state index < -0.39 is 0 Å². The number of ketones is 1. The molecule has 1 saturated carbocycles. The molecule has 1 atom stereocenters. The van der Waals surface area contributed by atoms with Crippen LogP contribution in [0, 0.1) is 11.8 Å². The van der Waals surface area contributed by atoms with Crippen molar-refractivity contribution in [3.63, 3.8) is 0 Å². The molecule has 0 amide bonds. The standard InChI is InChI=1S/C12H22O/c1-10(9-11(2)13)12-7-5-3-4-6-8-12/h10,12H,3-9H2,1-2H3. The molecule has 1 rings (SSSR count). The summed E-state index contributed by atoms with van der Waals surface area (Å²) in [7, 11) is 0. The van der Waals surface area contributed by atoms with Gasteiger partial charge < -0.3 is 4.79 Å². The molecule has 1 heteroatoms. The SMILES string of the molecule is CC(=O)CC(C)C1CCCCCC1. The van der Waals surface area contributed by atoms with E-state index in [2.05, 4.69) is 6.92 Å².